The van der Waals surface area contributed by atoms with E-state index >= 15 is 0 Å². The predicted molar refractivity (Wildman–Crippen MR) is 131 cm³/mol. The van der Waals surface area contributed by atoms with Gasteiger partial charge in [-0.3, -0.25) is 9.69 Å². The van der Waals surface area contributed by atoms with Crippen molar-refractivity contribution in [3.8, 4) is 0 Å². The van der Waals surface area contributed by atoms with Crippen LogP contribution in [0.5, 0.6) is 0 Å². The number of nitrogens with zero attached hydrogens (tertiary/aromatic N) is 3. The lowest BCUT2D eigenvalue weighted by atomic mass is 9.95. The third-order valence-corrected chi connectivity index (χ3v) is 7.25. The lowest BCUT2D eigenvalue weighted by Gasteiger charge is -2.44. The van der Waals surface area contributed by atoms with Gasteiger partial charge in [0.1, 0.15) is 0 Å². The summed E-state index contributed by atoms with van der Waals surface area (Å²) in [7, 11) is 2.21. The van der Waals surface area contributed by atoms with Gasteiger partial charge in [-0.15, -0.1) is 0 Å². The summed E-state index contributed by atoms with van der Waals surface area (Å²) >= 11 is 0. The molecule has 5 heteroatoms. The lowest BCUT2D eigenvalue weighted by molar-refractivity contribution is -0.120. The van der Waals surface area contributed by atoms with Gasteiger partial charge in [0.15, 0.2) is 0 Å². The van der Waals surface area contributed by atoms with Crippen molar-refractivity contribution in [1.29, 1.82) is 0 Å². The van der Waals surface area contributed by atoms with Gasteiger partial charge in [-0.25, -0.2) is 0 Å². The van der Waals surface area contributed by atoms with Crippen LogP contribution < -0.4 is 9.80 Å². The normalized spacial score (nSPS) is 25.4. The first-order chi connectivity index (χ1) is 15.3. The maximum absolute atomic E-state index is 13.3. The van der Waals surface area contributed by atoms with Crippen LogP contribution in [0, 0.1) is 5.92 Å². The standard InChI is InChI=1S/C27H37N3O2/c1-19-17-29(18-20(2)28(19)4)26-8-6-5-7-23(26)16-24-13-14-30(27(24)32)25-11-9-22(10-12-25)15-21(3)31/h5-12,19-21,24,31H,13-18H2,1-4H3/t19?,20?,21-,24?/m0/s1. The van der Waals surface area contributed by atoms with Gasteiger partial charge in [0.05, 0.1) is 6.10 Å². The molecule has 2 aliphatic heterocycles. The fraction of sp³-hybridized carbons (Fsp3) is 0.519. The fourth-order valence-corrected chi connectivity index (χ4v) is 5.20. The Morgan fingerprint density at radius 2 is 1.69 bits per heavy atom. The van der Waals surface area contributed by atoms with Crippen molar-refractivity contribution in [2.24, 2.45) is 5.92 Å². The second-order valence-electron chi connectivity index (χ2n) is 9.80. The van der Waals surface area contributed by atoms with E-state index < -0.39 is 0 Å². The number of carbonyl (C=O) groups is 1. The fourth-order valence-electron chi connectivity index (χ4n) is 5.20. The summed E-state index contributed by atoms with van der Waals surface area (Å²) in [6.07, 6.45) is 1.96. The molecule has 2 heterocycles. The van der Waals surface area contributed by atoms with E-state index in [0.29, 0.717) is 18.5 Å². The zero-order valence-corrected chi connectivity index (χ0v) is 19.9. The molecule has 4 rings (SSSR count). The zero-order valence-electron chi connectivity index (χ0n) is 19.9. The monoisotopic (exact) mass is 435 g/mol. The zero-order chi connectivity index (χ0) is 22.8. The van der Waals surface area contributed by atoms with E-state index in [2.05, 4.69) is 55.0 Å². The first kappa shape index (κ1) is 22.8. The number of hydrogen-bond acceptors (Lipinski definition) is 4. The molecule has 2 saturated heterocycles. The number of anilines is 2. The molecule has 3 unspecified atom stereocenters. The molecule has 2 aliphatic rings. The second-order valence-corrected chi connectivity index (χ2v) is 9.80. The minimum atomic E-state index is -0.356. The molecule has 172 valence electrons. The third-order valence-electron chi connectivity index (χ3n) is 7.25. The largest absolute Gasteiger partial charge is 0.393 e. The van der Waals surface area contributed by atoms with Crippen LogP contribution in [0.3, 0.4) is 0 Å². The number of para-hydroxylation sites is 1. The molecule has 4 atom stereocenters. The summed E-state index contributed by atoms with van der Waals surface area (Å²) in [5, 5.41) is 9.59. The van der Waals surface area contributed by atoms with Crippen molar-refractivity contribution in [2.75, 3.05) is 36.5 Å². The van der Waals surface area contributed by atoms with Gasteiger partial charge >= 0.3 is 0 Å². The highest BCUT2D eigenvalue weighted by Gasteiger charge is 2.34. The molecule has 0 aromatic heterocycles. The molecule has 2 fully saturated rings. The van der Waals surface area contributed by atoms with Crippen LogP contribution in [-0.2, 0) is 17.6 Å². The number of piperazine rings is 1. The van der Waals surface area contributed by atoms with Gasteiger partial charge in [-0.05, 0) is 76.4 Å². The van der Waals surface area contributed by atoms with E-state index in [9.17, 15) is 9.90 Å². The average molecular weight is 436 g/mol. The summed E-state index contributed by atoms with van der Waals surface area (Å²) in [5.74, 6) is 0.249. The van der Waals surface area contributed by atoms with E-state index in [4.69, 9.17) is 0 Å². The van der Waals surface area contributed by atoms with Gasteiger partial charge in [-0.1, -0.05) is 30.3 Å². The summed E-state index contributed by atoms with van der Waals surface area (Å²) in [4.78, 5) is 20.2. The highest BCUT2D eigenvalue weighted by atomic mass is 16.3. The van der Waals surface area contributed by atoms with Crippen LogP contribution in [0.2, 0.25) is 0 Å². The molecule has 0 aliphatic carbocycles. The topological polar surface area (TPSA) is 47.0 Å². The Balaban J connectivity index is 1.46. The molecule has 1 N–H and O–H groups in total. The second kappa shape index (κ2) is 9.63. The van der Waals surface area contributed by atoms with Crippen LogP contribution in [-0.4, -0.2) is 60.8 Å². The maximum atomic E-state index is 13.3. The smallest absolute Gasteiger partial charge is 0.230 e. The van der Waals surface area contributed by atoms with E-state index in [1.54, 1.807) is 6.92 Å². The van der Waals surface area contributed by atoms with Gasteiger partial charge in [0.2, 0.25) is 5.91 Å². The minimum Gasteiger partial charge on any atom is -0.393 e. The van der Waals surface area contributed by atoms with Crippen molar-refractivity contribution in [3.05, 3.63) is 59.7 Å². The first-order valence-electron chi connectivity index (χ1n) is 12.0. The lowest BCUT2D eigenvalue weighted by Crippen LogP contribution is -2.55. The van der Waals surface area contributed by atoms with Crippen molar-refractivity contribution < 1.29 is 9.90 Å². The number of aliphatic hydroxyl groups is 1. The first-order valence-corrected chi connectivity index (χ1v) is 12.0. The Kier molecular flexibility index (Phi) is 6.87. The number of aliphatic hydroxyl groups excluding tert-OH is 1. The molecule has 2 aromatic carbocycles. The van der Waals surface area contributed by atoms with Crippen molar-refractivity contribution in [1.82, 2.24) is 4.90 Å². The predicted octanol–water partition coefficient (Wildman–Crippen LogP) is 3.73. The number of hydrogen-bond donors (Lipinski definition) is 1. The molecule has 0 bridgehead atoms. The van der Waals surface area contributed by atoms with Crippen LogP contribution in [0.25, 0.3) is 0 Å². The van der Waals surface area contributed by atoms with Crippen molar-refractivity contribution in [3.63, 3.8) is 0 Å². The van der Waals surface area contributed by atoms with Gasteiger partial charge < -0.3 is 14.9 Å². The molecule has 1 amide bonds. The van der Waals surface area contributed by atoms with E-state index in [-0.39, 0.29) is 17.9 Å². The molecular weight excluding hydrogens is 398 g/mol. The highest BCUT2D eigenvalue weighted by Crippen LogP contribution is 2.32. The van der Waals surface area contributed by atoms with E-state index in [1.807, 2.05) is 29.2 Å². The Morgan fingerprint density at radius 1 is 1.03 bits per heavy atom. The maximum Gasteiger partial charge on any atom is 0.230 e. The summed E-state index contributed by atoms with van der Waals surface area (Å²) < 4.78 is 0. The molecule has 0 spiro atoms. The number of likely N-dealkylation sites (N-methyl/N-ethyl adjacent to an activating group) is 1. The highest BCUT2D eigenvalue weighted by molar-refractivity contribution is 5.97. The summed E-state index contributed by atoms with van der Waals surface area (Å²) in [6.45, 7) is 9.17. The number of rotatable bonds is 6. The molecular formula is C27H37N3O2. The number of benzene rings is 2. The Hall–Kier alpha value is -2.37. The molecule has 5 nitrogen and oxygen atoms in total. The SMILES string of the molecule is CC1CN(c2ccccc2CC2CCN(c3ccc(C[C@H](C)O)cc3)C2=O)CC(C)N1C. The quantitative estimate of drug-likeness (QED) is 0.751. The van der Waals surface area contributed by atoms with Crippen molar-refractivity contribution >= 4 is 17.3 Å². The van der Waals surface area contributed by atoms with Gasteiger partial charge in [-0.2, -0.15) is 0 Å². The Morgan fingerprint density at radius 3 is 2.34 bits per heavy atom. The third kappa shape index (κ3) is 4.84. The average Bonchev–Trinajstić information content (AvgIpc) is 3.12. The number of carbonyl (C=O) groups excluding carboxylic acids is 1. The van der Waals surface area contributed by atoms with Crippen LogP contribution in [0.1, 0.15) is 38.3 Å². The van der Waals surface area contributed by atoms with E-state index in [1.165, 1.54) is 11.3 Å². The Labute approximate surface area is 192 Å². The summed E-state index contributed by atoms with van der Waals surface area (Å²) in [5.41, 5.74) is 4.62. The number of amides is 1. The molecule has 2 aromatic rings. The molecule has 32 heavy (non-hydrogen) atoms. The molecule has 0 radical (unpaired) electrons. The van der Waals surface area contributed by atoms with Crippen LogP contribution >= 0.6 is 0 Å². The van der Waals surface area contributed by atoms with Crippen molar-refractivity contribution in [2.45, 2.75) is 58.2 Å². The van der Waals surface area contributed by atoms with Gasteiger partial charge in [0, 0.05) is 49.0 Å². The van der Waals surface area contributed by atoms with Crippen LogP contribution in [0.15, 0.2) is 48.5 Å². The van der Waals surface area contributed by atoms with Crippen LogP contribution in [0.4, 0.5) is 11.4 Å². The minimum absolute atomic E-state index is 0.0237. The van der Waals surface area contributed by atoms with E-state index in [0.717, 1.165) is 43.7 Å². The molecule has 0 saturated carbocycles. The van der Waals surface area contributed by atoms with Gasteiger partial charge in [0.25, 0.3) is 0 Å². The Bertz CT molecular complexity index is 915. The summed E-state index contributed by atoms with van der Waals surface area (Å²) in [6, 6.07) is 17.7.